The minimum absolute atomic E-state index is 0.290. The number of rotatable bonds is 2. The summed E-state index contributed by atoms with van der Waals surface area (Å²) in [5.41, 5.74) is 2.84. The summed E-state index contributed by atoms with van der Waals surface area (Å²) < 4.78 is 1.84. The second-order valence-electron chi connectivity index (χ2n) is 4.17. The molecule has 0 aliphatic carbocycles. The molecule has 2 rings (SSSR count). The minimum Gasteiger partial charge on any atom is -0.475 e. The Kier molecular flexibility index (Phi) is 2.50. The molecule has 0 spiro atoms. The molecule has 0 bridgehead atoms. The zero-order valence-corrected chi connectivity index (χ0v) is 9.94. The summed E-state index contributed by atoms with van der Waals surface area (Å²) in [6.45, 7) is 3.67. The summed E-state index contributed by atoms with van der Waals surface area (Å²) in [4.78, 5) is 22.5. The van der Waals surface area contributed by atoms with E-state index in [2.05, 4.69) is 0 Å². The average molecular weight is 231 g/mol. The molecule has 0 aliphatic rings. The van der Waals surface area contributed by atoms with Crippen LogP contribution in [0.4, 0.5) is 0 Å². The van der Waals surface area contributed by atoms with Crippen LogP contribution in [0.15, 0.2) is 18.2 Å². The summed E-state index contributed by atoms with van der Waals surface area (Å²) in [6, 6.07) is 5.69. The van der Waals surface area contributed by atoms with Gasteiger partial charge in [0.15, 0.2) is 0 Å². The Bertz CT molecular complexity index is 638. The molecule has 0 aliphatic heterocycles. The van der Waals surface area contributed by atoms with Gasteiger partial charge in [0.1, 0.15) is 0 Å². The van der Waals surface area contributed by atoms with Crippen LogP contribution in [0.1, 0.15) is 21.6 Å². The van der Waals surface area contributed by atoms with Crippen LogP contribution >= 0.6 is 0 Å². The van der Waals surface area contributed by atoms with Crippen molar-refractivity contribution in [3.63, 3.8) is 0 Å². The lowest BCUT2D eigenvalue weighted by Crippen LogP contribution is -2.13. The van der Waals surface area contributed by atoms with E-state index in [1.54, 1.807) is 6.92 Å². The van der Waals surface area contributed by atoms with Crippen molar-refractivity contribution in [3.05, 3.63) is 35.0 Å². The molecule has 1 heterocycles. The van der Waals surface area contributed by atoms with Gasteiger partial charge < -0.3 is 9.67 Å². The second-order valence-corrected chi connectivity index (χ2v) is 4.17. The SMILES string of the molecule is Cc1ccc2c(c1)c(C(=O)C(=O)O)c(C)n2C. The first-order chi connectivity index (χ1) is 7.93. The standard InChI is InChI=1S/C13H13NO3/c1-7-4-5-10-9(6-7)11(8(2)14(10)3)12(15)13(16)17/h4-6H,1-3H3,(H,16,17). The Morgan fingerprint density at radius 3 is 2.47 bits per heavy atom. The molecule has 2 aromatic rings. The third kappa shape index (κ3) is 1.62. The molecule has 0 amide bonds. The van der Waals surface area contributed by atoms with Crippen molar-refractivity contribution in [2.75, 3.05) is 0 Å². The van der Waals surface area contributed by atoms with Gasteiger partial charge in [-0.25, -0.2) is 4.79 Å². The van der Waals surface area contributed by atoms with E-state index in [1.165, 1.54) is 0 Å². The van der Waals surface area contributed by atoms with Crippen molar-refractivity contribution < 1.29 is 14.7 Å². The number of aryl methyl sites for hydroxylation is 2. The van der Waals surface area contributed by atoms with Gasteiger partial charge >= 0.3 is 5.97 Å². The van der Waals surface area contributed by atoms with Crippen LogP contribution in [0, 0.1) is 13.8 Å². The topological polar surface area (TPSA) is 59.3 Å². The number of ketones is 1. The van der Waals surface area contributed by atoms with Gasteiger partial charge in [0.2, 0.25) is 0 Å². The zero-order valence-electron chi connectivity index (χ0n) is 9.94. The molecular weight excluding hydrogens is 218 g/mol. The maximum Gasteiger partial charge on any atom is 0.377 e. The van der Waals surface area contributed by atoms with E-state index in [0.717, 1.165) is 11.1 Å². The van der Waals surface area contributed by atoms with Crippen molar-refractivity contribution in [2.24, 2.45) is 7.05 Å². The van der Waals surface area contributed by atoms with E-state index >= 15 is 0 Å². The van der Waals surface area contributed by atoms with Crippen molar-refractivity contribution in [3.8, 4) is 0 Å². The summed E-state index contributed by atoms with van der Waals surface area (Å²) in [5, 5.41) is 9.55. The van der Waals surface area contributed by atoms with Gasteiger partial charge in [-0.15, -0.1) is 0 Å². The van der Waals surface area contributed by atoms with Gasteiger partial charge in [-0.05, 0) is 26.0 Å². The number of carbonyl (C=O) groups excluding carboxylic acids is 1. The predicted molar refractivity (Wildman–Crippen MR) is 64.4 cm³/mol. The Labute approximate surface area is 98.5 Å². The first-order valence-electron chi connectivity index (χ1n) is 5.26. The molecule has 88 valence electrons. The van der Waals surface area contributed by atoms with E-state index in [0.29, 0.717) is 16.6 Å². The summed E-state index contributed by atoms with van der Waals surface area (Å²) in [6.07, 6.45) is 0. The largest absolute Gasteiger partial charge is 0.475 e. The summed E-state index contributed by atoms with van der Waals surface area (Å²) in [7, 11) is 1.83. The highest BCUT2D eigenvalue weighted by Gasteiger charge is 2.23. The molecule has 17 heavy (non-hydrogen) atoms. The molecule has 1 aromatic carbocycles. The molecule has 0 saturated heterocycles. The van der Waals surface area contributed by atoms with E-state index in [-0.39, 0.29) is 0 Å². The number of fused-ring (bicyclic) bond motifs is 1. The van der Waals surface area contributed by atoms with Gasteiger partial charge in [-0.1, -0.05) is 11.6 Å². The smallest absolute Gasteiger partial charge is 0.377 e. The number of carbonyl (C=O) groups is 2. The third-order valence-electron chi connectivity index (χ3n) is 3.07. The Balaban J connectivity index is 2.86. The van der Waals surface area contributed by atoms with E-state index in [9.17, 15) is 9.59 Å². The van der Waals surface area contributed by atoms with Crippen LogP contribution in [0.25, 0.3) is 10.9 Å². The van der Waals surface area contributed by atoms with Gasteiger partial charge in [0.25, 0.3) is 5.78 Å². The quantitative estimate of drug-likeness (QED) is 0.635. The number of benzene rings is 1. The van der Waals surface area contributed by atoms with Gasteiger partial charge in [0, 0.05) is 23.6 Å². The molecule has 0 unspecified atom stereocenters. The number of nitrogens with zero attached hydrogens (tertiary/aromatic N) is 1. The minimum atomic E-state index is -1.41. The average Bonchev–Trinajstić information content (AvgIpc) is 2.50. The highest BCUT2D eigenvalue weighted by Crippen LogP contribution is 2.26. The Hall–Kier alpha value is -2.10. The van der Waals surface area contributed by atoms with Crippen LogP contribution < -0.4 is 0 Å². The molecule has 0 atom stereocenters. The monoisotopic (exact) mass is 231 g/mol. The maximum atomic E-state index is 11.7. The molecule has 0 fully saturated rings. The molecule has 4 nitrogen and oxygen atoms in total. The second kappa shape index (κ2) is 3.73. The Morgan fingerprint density at radius 1 is 1.24 bits per heavy atom. The Morgan fingerprint density at radius 2 is 1.88 bits per heavy atom. The van der Waals surface area contributed by atoms with Crippen molar-refractivity contribution >= 4 is 22.7 Å². The lowest BCUT2D eigenvalue weighted by Gasteiger charge is -1.98. The summed E-state index contributed by atoms with van der Waals surface area (Å²) in [5.74, 6) is -2.26. The number of aromatic nitrogens is 1. The molecule has 1 aromatic heterocycles. The number of carboxylic acids is 1. The fraction of sp³-hybridized carbons (Fsp3) is 0.231. The molecular formula is C13H13NO3. The predicted octanol–water partition coefficient (Wildman–Crippen LogP) is 2.06. The molecule has 1 N–H and O–H groups in total. The lowest BCUT2D eigenvalue weighted by molar-refractivity contribution is -0.131. The van der Waals surface area contributed by atoms with Gasteiger partial charge in [0.05, 0.1) is 5.56 Å². The van der Waals surface area contributed by atoms with Gasteiger partial charge in [-0.2, -0.15) is 0 Å². The number of hydrogen-bond acceptors (Lipinski definition) is 2. The number of hydrogen-bond donors (Lipinski definition) is 1. The van der Waals surface area contributed by atoms with E-state index in [4.69, 9.17) is 5.11 Å². The number of carboxylic acid groups (broad SMARTS) is 1. The lowest BCUT2D eigenvalue weighted by atomic mass is 10.1. The zero-order chi connectivity index (χ0) is 12.7. The van der Waals surface area contributed by atoms with Gasteiger partial charge in [-0.3, -0.25) is 4.79 Å². The number of aliphatic carboxylic acids is 1. The highest BCUT2D eigenvalue weighted by molar-refractivity contribution is 6.42. The van der Waals surface area contributed by atoms with Crippen LogP contribution in [-0.2, 0) is 11.8 Å². The van der Waals surface area contributed by atoms with E-state index < -0.39 is 11.8 Å². The summed E-state index contributed by atoms with van der Waals surface area (Å²) >= 11 is 0. The van der Waals surface area contributed by atoms with Crippen molar-refractivity contribution in [1.29, 1.82) is 0 Å². The van der Waals surface area contributed by atoms with Crippen LogP contribution in [0.5, 0.6) is 0 Å². The normalized spacial score (nSPS) is 10.8. The number of Topliss-reactive ketones (excluding diaryl/α,β-unsaturated/α-hetero) is 1. The first kappa shape index (κ1) is 11.4. The molecule has 0 saturated carbocycles. The van der Waals surface area contributed by atoms with E-state index in [1.807, 2.05) is 36.7 Å². The highest BCUT2D eigenvalue weighted by atomic mass is 16.4. The van der Waals surface area contributed by atoms with Crippen LogP contribution in [-0.4, -0.2) is 21.4 Å². The molecule has 0 radical (unpaired) electrons. The van der Waals surface area contributed by atoms with Crippen molar-refractivity contribution in [2.45, 2.75) is 13.8 Å². The fourth-order valence-corrected chi connectivity index (χ4v) is 2.08. The molecule has 4 heteroatoms. The van der Waals surface area contributed by atoms with Crippen LogP contribution in [0.2, 0.25) is 0 Å². The first-order valence-corrected chi connectivity index (χ1v) is 5.26. The fourth-order valence-electron chi connectivity index (χ4n) is 2.08. The third-order valence-corrected chi connectivity index (χ3v) is 3.07. The maximum absolute atomic E-state index is 11.7. The van der Waals surface area contributed by atoms with Crippen LogP contribution in [0.3, 0.4) is 0 Å². The van der Waals surface area contributed by atoms with Crippen molar-refractivity contribution in [1.82, 2.24) is 4.57 Å².